The Kier molecular flexibility index (Phi) is 4.58. The van der Waals surface area contributed by atoms with Crippen molar-refractivity contribution in [1.29, 1.82) is 0 Å². The van der Waals surface area contributed by atoms with Crippen molar-refractivity contribution in [2.45, 2.75) is 20.3 Å². The van der Waals surface area contributed by atoms with Gasteiger partial charge in [0.2, 0.25) is 0 Å². The van der Waals surface area contributed by atoms with Gasteiger partial charge in [0, 0.05) is 11.3 Å². The Morgan fingerprint density at radius 1 is 1.16 bits per heavy atom. The van der Waals surface area contributed by atoms with E-state index in [0.29, 0.717) is 11.8 Å². The third-order valence-electron chi connectivity index (χ3n) is 2.67. The molecule has 1 heterocycles. The Morgan fingerprint density at radius 2 is 1.89 bits per heavy atom. The summed E-state index contributed by atoms with van der Waals surface area (Å²) in [6, 6.07) is 7.72. The lowest BCUT2D eigenvalue weighted by Crippen LogP contribution is -2.00. The Labute approximate surface area is 117 Å². The van der Waals surface area contributed by atoms with Crippen molar-refractivity contribution in [1.82, 2.24) is 9.97 Å². The third kappa shape index (κ3) is 3.35. The first-order chi connectivity index (χ1) is 9.24. The van der Waals surface area contributed by atoms with Crippen LogP contribution in [0.1, 0.15) is 19.4 Å². The number of benzene rings is 1. The van der Waals surface area contributed by atoms with Gasteiger partial charge in [0.15, 0.2) is 0 Å². The van der Waals surface area contributed by atoms with E-state index in [-0.39, 0.29) is 0 Å². The molecule has 0 fully saturated rings. The second-order valence-electron chi connectivity index (χ2n) is 3.93. The molecule has 0 unspecified atom stereocenters. The molecule has 0 spiro atoms. The molecule has 0 aliphatic rings. The van der Waals surface area contributed by atoms with E-state index in [9.17, 15) is 0 Å². The summed E-state index contributed by atoms with van der Waals surface area (Å²) in [4.78, 5) is 8.21. The highest BCUT2D eigenvalue weighted by molar-refractivity contribution is 6.30. The number of nitrogens with zero attached hydrogens (tertiary/aromatic N) is 2. The number of aromatic nitrogens is 2. The molecule has 0 aliphatic carbocycles. The molecule has 1 aromatic heterocycles. The average Bonchev–Trinajstić information content (AvgIpc) is 2.42. The summed E-state index contributed by atoms with van der Waals surface area (Å²) in [6.45, 7) is 4.64. The van der Waals surface area contributed by atoms with Gasteiger partial charge >= 0.3 is 0 Å². The van der Waals surface area contributed by atoms with Crippen LogP contribution >= 0.6 is 11.6 Å². The van der Waals surface area contributed by atoms with Crippen molar-refractivity contribution in [3.05, 3.63) is 41.3 Å². The summed E-state index contributed by atoms with van der Waals surface area (Å²) in [7, 11) is 0. The van der Waals surface area contributed by atoms with Crippen molar-refractivity contribution < 1.29 is 4.74 Å². The van der Waals surface area contributed by atoms with Crippen molar-refractivity contribution in [2.24, 2.45) is 0 Å². The van der Waals surface area contributed by atoms with Crippen LogP contribution < -0.4 is 10.1 Å². The molecule has 0 saturated carbocycles. The standard InChI is InChI=1S/C14H16ClN3O/c1-3-12-13(15)16-9-17-14(12)18-10-5-7-11(8-6-10)19-4-2/h5-9H,3-4H2,1-2H3,(H,16,17,18). The zero-order valence-electron chi connectivity index (χ0n) is 11.0. The van der Waals surface area contributed by atoms with Gasteiger partial charge in [-0.1, -0.05) is 18.5 Å². The number of nitrogens with one attached hydrogen (secondary N) is 1. The second kappa shape index (κ2) is 6.38. The fraction of sp³-hybridized carbons (Fsp3) is 0.286. The highest BCUT2D eigenvalue weighted by Crippen LogP contribution is 2.24. The maximum Gasteiger partial charge on any atom is 0.138 e. The molecule has 19 heavy (non-hydrogen) atoms. The zero-order chi connectivity index (χ0) is 13.7. The van der Waals surface area contributed by atoms with E-state index in [1.807, 2.05) is 38.1 Å². The van der Waals surface area contributed by atoms with Crippen molar-refractivity contribution in [2.75, 3.05) is 11.9 Å². The van der Waals surface area contributed by atoms with Gasteiger partial charge in [-0.2, -0.15) is 0 Å². The molecule has 4 nitrogen and oxygen atoms in total. The minimum absolute atomic E-state index is 0.492. The SMILES string of the molecule is CCOc1ccc(Nc2ncnc(Cl)c2CC)cc1. The van der Waals surface area contributed by atoms with Crippen LogP contribution in [-0.2, 0) is 6.42 Å². The number of rotatable bonds is 5. The molecular weight excluding hydrogens is 262 g/mol. The van der Waals surface area contributed by atoms with Gasteiger partial charge in [0.25, 0.3) is 0 Å². The quantitative estimate of drug-likeness (QED) is 0.844. The van der Waals surface area contributed by atoms with Crippen LogP contribution in [0.25, 0.3) is 0 Å². The smallest absolute Gasteiger partial charge is 0.138 e. The Bertz CT molecular complexity index is 543. The maximum atomic E-state index is 6.05. The molecule has 0 atom stereocenters. The second-order valence-corrected chi connectivity index (χ2v) is 4.29. The van der Waals surface area contributed by atoms with E-state index in [2.05, 4.69) is 15.3 Å². The summed E-state index contributed by atoms with van der Waals surface area (Å²) in [5.74, 6) is 1.59. The predicted octanol–water partition coefficient (Wildman–Crippen LogP) is 3.83. The normalized spacial score (nSPS) is 10.3. The first-order valence-electron chi connectivity index (χ1n) is 6.23. The number of ether oxygens (including phenoxy) is 1. The van der Waals surface area contributed by atoms with Gasteiger partial charge in [-0.3, -0.25) is 0 Å². The molecule has 0 amide bonds. The van der Waals surface area contributed by atoms with Gasteiger partial charge in [-0.25, -0.2) is 9.97 Å². The van der Waals surface area contributed by atoms with Crippen molar-refractivity contribution >= 4 is 23.1 Å². The Balaban J connectivity index is 2.19. The molecule has 5 heteroatoms. The summed E-state index contributed by atoms with van der Waals surface area (Å²) < 4.78 is 5.40. The molecule has 0 radical (unpaired) electrons. The van der Waals surface area contributed by atoms with Crippen LogP contribution in [0, 0.1) is 0 Å². The summed E-state index contributed by atoms with van der Waals surface area (Å²) in [5.41, 5.74) is 1.85. The van der Waals surface area contributed by atoms with Gasteiger partial charge in [0.05, 0.1) is 6.61 Å². The van der Waals surface area contributed by atoms with E-state index < -0.39 is 0 Å². The average molecular weight is 278 g/mol. The fourth-order valence-electron chi connectivity index (χ4n) is 1.75. The van der Waals surface area contributed by atoms with Gasteiger partial charge in [0.1, 0.15) is 23.0 Å². The minimum Gasteiger partial charge on any atom is -0.494 e. The lowest BCUT2D eigenvalue weighted by molar-refractivity contribution is 0.340. The van der Waals surface area contributed by atoms with E-state index in [0.717, 1.165) is 29.2 Å². The van der Waals surface area contributed by atoms with E-state index in [1.165, 1.54) is 6.33 Å². The van der Waals surface area contributed by atoms with Gasteiger partial charge in [-0.05, 0) is 37.6 Å². The number of hydrogen-bond acceptors (Lipinski definition) is 4. The van der Waals surface area contributed by atoms with Crippen LogP contribution in [0.3, 0.4) is 0 Å². The zero-order valence-corrected chi connectivity index (χ0v) is 11.7. The number of hydrogen-bond donors (Lipinski definition) is 1. The molecule has 1 aromatic carbocycles. The Morgan fingerprint density at radius 3 is 2.53 bits per heavy atom. The molecule has 0 aliphatic heterocycles. The van der Waals surface area contributed by atoms with Crippen LogP contribution in [0.15, 0.2) is 30.6 Å². The van der Waals surface area contributed by atoms with Crippen LogP contribution in [-0.4, -0.2) is 16.6 Å². The number of halogens is 1. The molecule has 100 valence electrons. The molecule has 1 N–H and O–H groups in total. The monoisotopic (exact) mass is 277 g/mol. The fourth-order valence-corrected chi connectivity index (χ4v) is 2.02. The van der Waals surface area contributed by atoms with Crippen molar-refractivity contribution in [3.63, 3.8) is 0 Å². The van der Waals surface area contributed by atoms with Crippen LogP contribution in [0.5, 0.6) is 5.75 Å². The molecule has 2 aromatic rings. The van der Waals surface area contributed by atoms with E-state index in [1.54, 1.807) is 0 Å². The maximum absolute atomic E-state index is 6.05. The molecular formula is C14H16ClN3O. The van der Waals surface area contributed by atoms with Crippen LogP contribution in [0.4, 0.5) is 11.5 Å². The highest BCUT2D eigenvalue weighted by atomic mass is 35.5. The third-order valence-corrected chi connectivity index (χ3v) is 3.00. The summed E-state index contributed by atoms with van der Waals surface area (Å²) in [5, 5.41) is 3.73. The first kappa shape index (κ1) is 13.6. The largest absolute Gasteiger partial charge is 0.494 e. The van der Waals surface area contributed by atoms with Crippen molar-refractivity contribution in [3.8, 4) is 5.75 Å². The topological polar surface area (TPSA) is 47.0 Å². The highest BCUT2D eigenvalue weighted by Gasteiger charge is 2.08. The van der Waals surface area contributed by atoms with E-state index in [4.69, 9.17) is 16.3 Å². The summed E-state index contributed by atoms with van der Waals surface area (Å²) >= 11 is 6.05. The molecule has 0 bridgehead atoms. The predicted molar refractivity (Wildman–Crippen MR) is 77.3 cm³/mol. The van der Waals surface area contributed by atoms with Gasteiger partial charge < -0.3 is 10.1 Å². The van der Waals surface area contributed by atoms with Gasteiger partial charge in [-0.15, -0.1) is 0 Å². The lowest BCUT2D eigenvalue weighted by atomic mass is 10.2. The Hall–Kier alpha value is -1.81. The molecule has 2 rings (SSSR count). The number of anilines is 2. The first-order valence-corrected chi connectivity index (χ1v) is 6.61. The molecule has 0 saturated heterocycles. The summed E-state index contributed by atoms with van der Waals surface area (Å²) in [6.07, 6.45) is 2.23. The lowest BCUT2D eigenvalue weighted by Gasteiger charge is -2.11. The van der Waals surface area contributed by atoms with Crippen LogP contribution in [0.2, 0.25) is 5.15 Å². The van der Waals surface area contributed by atoms with E-state index >= 15 is 0 Å². The minimum atomic E-state index is 0.492.